The molecule has 2 N–H and O–H groups in total. The van der Waals surface area contributed by atoms with Crippen molar-refractivity contribution in [2.24, 2.45) is 0 Å². The van der Waals surface area contributed by atoms with Crippen LogP contribution in [0.4, 0.5) is 18.9 Å². The predicted molar refractivity (Wildman–Crippen MR) is 94.7 cm³/mol. The molecule has 1 saturated heterocycles. The number of benzene rings is 2. The molecule has 2 aromatic rings. The molecule has 0 bridgehead atoms. The van der Waals surface area contributed by atoms with Crippen LogP contribution in [-0.2, 0) is 10.0 Å². The van der Waals surface area contributed by atoms with E-state index in [-0.39, 0.29) is 36.5 Å². The first-order valence-electron chi connectivity index (χ1n) is 8.42. The number of halogens is 3. The third-order valence-electron chi connectivity index (χ3n) is 4.42. The highest BCUT2D eigenvalue weighted by Gasteiger charge is 2.29. The van der Waals surface area contributed by atoms with Gasteiger partial charge in [0, 0.05) is 24.8 Å². The molecule has 150 valence electrons. The van der Waals surface area contributed by atoms with E-state index < -0.39 is 45.0 Å². The number of hydrogen-bond acceptors (Lipinski definition) is 4. The van der Waals surface area contributed by atoms with Gasteiger partial charge in [-0.1, -0.05) is 0 Å². The van der Waals surface area contributed by atoms with E-state index in [0.29, 0.717) is 0 Å². The lowest BCUT2D eigenvalue weighted by molar-refractivity contribution is 0.102. The van der Waals surface area contributed by atoms with Crippen molar-refractivity contribution < 1.29 is 31.5 Å². The second-order valence-electron chi connectivity index (χ2n) is 6.36. The van der Waals surface area contributed by atoms with Gasteiger partial charge in [-0.25, -0.2) is 21.6 Å². The van der Waals surface area contributed by atoms with Crippen molar-refractivity contribution in [1.82, 2.24) is 4.31 Å². The Balaban J connectivity index is 1.86. The molecule has 28 heavy (non-hydrogen) atoms. The van der Waals surface area contributed by atoms with Crippen LogP contribution in [0.5, 0.6) is 0 Å². The SMILES string of the molecule is O=C(Nc1ccc(F)c(F)c1)c1cc(S(=O)(=O)N2CCC(O)CC2)ccc1F. The summed E-state index contributed by atoms with van der Waals surface area (Å²) in [6, 6.07) is 5.41. The number of rotatable bonds is 4. The maximum atomic E-state index is 14.1. The molecule has 0 unspecified atom stereocenters. The zero-order chi connectivity index (χ0) is 20.5. The van der Waals surface area contributed by atoms with Crippen LogP contribution in [0.3, 0.4) is 0 Å². The van der Waals surface area contributed by atoms with Gasteiger partial charge in [0.25, 0.3) is 5.91 Å². The largest absolute Gasteiger partial charge is 0.393 e. The second kappa shape index (κ2) is 7.90. The van der Waals surface area contributed by atoms with Gasteiger partial charge < -0.3 is 10.4 Å². The summed E-state index contributed by atoms with van der Waals surface area (Å²) in [6.07, 6.45) is -0.00883. The molecular formula is C18H17F3N2O4S. The molecule has 1 fully saturated rings. The van der Waals surface area contributed by atoms with Crippen LogP contribution in [-0.4, -0.2) is 42.9 Å². The highest BCUT2D eigenvalue weighted by Crippen LogP contribution is 2.23. The van der Waals surface area contributed by atoms with Gasteiger partial charge in [0.2, 0.25) is 10.0 Å². The molecule has 3 rings (SSSR count). The molecular weight excluding hydrogens is 397 g/mol. The Labute approximate surface area is 159 Å². The van der Waals surface area contributed by atoms with Crippen LogP contribution in [0.2, 0.25) is 0 Å². The topological polar surface area (TPSA) is 86.7 Å². The summed E-state index contributed by atoms with van der Waals surface area (Å²) in [5, 5.41) is 11.7. The number of sulfonamides is 1. The van der Waals surface area contributed by atoms with E-state index in [1.165, 1.54) is 0 Å². The first kappa shape index (κ1) is 20.3. The fourth-order valence-electron chi connectivity index (χ4n) is 2.84. The van der Waals surface area contributed by atoms with Crippen molar-refractivity contribution in [2.45, 2.75) is 23.8 Å². The Morgan fingerprint density at radius 1 is 1.00 bits per heavy atom. The van der Waals surface area contributed by atoms with Crippen molar-refractivity contribution in [3.05, 3.63) is 59.4 Å². The lowest BCUT2D eigenvalue weighted by Crippen LogP contribution is -2.40. The van der Waals surface area contributed by atoms with E-state index in [1.54, 1.807) is 0 Å². The molecule has 1 aliphatic rings. The maximum Gasteiger partial charge on any atom is 0.258 e. The lowest BCUT2D eigenvalue weighted by Gasteiger charge is -2.28. The van der Waals surface area contributed by atoms with E-state index >= 15 is 0 Å². The van der Waals surface area contributed by atoms with Crippen LogP contribution in [0.25, 0.3) is 0 Å². The molecule has 10 heteroatoms. The zero-order valence-corrected chi connectivity index (χ0v) is 15.3. The molecule has 2 aromatic carbocycles. The number of piperidine rings is 1. The van der Waals surface area contributed by atoms with Gasteiger partial charge in [-0.3, -0.25) is 4.79 Å². The van der Waals surface area contributed by atoms with Crippen molar-refractivity contribution in [1.29, 1.82) is 0 Å². The maximum absolute atomic E-state index is 14.1. The average Bonchev–Trinajstić information content (AvgIpc) is 2.65. The second-order valence-corrected chi connectivity index (χ2v) is 8.30. The summed E-state index contributed by atoms with van der Waals surface area (Å²) in [6.45, 7) is 0.217. The Kier molecular flexibility index (Phi) is 5.73. The van der Waals surface area contributed by atoms with E-state index in [4.69, 9.17) is 0 Å². The monoisotopic (exact) mass is 414 g/mol. The number of hydrogen-bond donors (Lipinski definition) is 2. The number of carbonyl (C=O) groups excluding carboxylic acids is 1. The summed E-state index contributed by atoms with van der Waals surface area (Å²) < 4.78 is 66.9. The third kappa shape index (κ3) is 4.18. The highest BCUT2D eigenvalue weighted by molar-refractivity contribution is 7.89. The molecule has 1 heterocycles. The minimum Gasteiger partial charge on any atom is -0.393 e. The third-order valence-corrected chi connectivity index (χ3v) is 6.32. The van der Waals surface area contributed by atoms with E-state index in [1.807, 2.05) is 0 Å². The standard InChI is InChI=1S/C18H17F3N2O4S/c19-15-4-2-13(28(26,27)23-7-5-12(24)6-8-23)10-14(15)18(25)22-11-1-3-16(20)17(21)9-11/h1-4,9-10,12,24H,5-8H2,(H,22,25). The smallest absolute Gasteiger partial charge is 0.258 e. The molecule has 1 amide bonds. The summed E-state index contributed by atoms with van der Waals surface area (Å²) in [5.41, 5.74) is -0.663. The first-order valence-corrected chi connectivity index (χ1v) is 9.86. The molecule has 6 nitrogen and oxygen atoms in total. The number of nitrogens with zero attached hydrogens (tertiary/aromatic N) is 1. The Morgan fingerprint density at radius 2 is 1.64 bits per heavy atom. The number of aliphatic hydroxyl groups excluding tert-OH is 1. The van der Waals surface area contributed by atoms with Gasteiger partial charge in [-0.15, -0.1) is 0 Å². The Hall–Kier alpha value is -2.43. The normalized spacial score (nSPS) is 16.1. The van der Waals surface area contributed by atoms with Crippen molar-refractivity contribution in [3.8, 4) is 0 Å². The quantitative estimate of drug-likeness (QED) is 0.805. The first-order chi connectivity index (χ1) is 13.2. The number of nitrogens with one attached hydrogen (secondary N) is 1. The minimum absolute atomic E-state index is 0.108. The molecule has 0 saturated carbocycles. The van der Waals surface area contributed by atoms with Gasteiger partial charge in [-0.2, -0.15) is 4.31 Å². The fraction of sp³-hybridized carbons (Fsp3) is 0.278. The molecule has 0 spiro atoms. The number of aliphatic hydroxyl groups is 1. The van der Waals surface area contributed by atoms with Crippen LogP contribution >= 0.6 is 0 Å². The molecule has 0 aromatic heterocycles. The molecule has 1 aliphatic heterocycles. The van der Waals surface area contributed by atoms with Gasteiger partial charge in [-0.05, 0) is 43.2 Å². The zero-order valence-electron chi connectivity index (χ0n) is 14.5. The fourth-order valence-corrected chi connectivity index (χ4v) is 4.34. The molecule has 0 radical (unpaired) electrons. The van der Waals surface area contributed by atoms with E-state index in [0.717, 1.165) is 40.7 Å². The van der Waals surface area contributed by atoms with E-state index in [9.17, 15) is 31.5 Å². The van der Waals surface area contributed by atoms with Gasteiger partial charge in [0.15, 0.2) is 11.6 Å². The van der Waals surface area contributed by atoms with Gasteiger partial charge in [0.1, 0.15) is 5.82 Å². The summed E-state index contributed by atoms with van der Waals surface area (Å²) in [4.78, 5) is 12.0. The van der Waals surface area contributed by atoms with Crippen LogP contribution < -0.4 is 5.32 Å². The van der Waals surface area contributed by atoms with Crippen LogP contribution in [0.1, 0.15) is 23.2 Å². The number of amides is 1. The lowest BCUT2D eigenvalue weighted by atomic mass is 10.1. The average molecular weight is 414 g/mol. The van der Waals surface area contributed by atoms with Crippen molar-refractivity contribution in [3.63, 3.8) is 0 Å². The highest BCUT2D eigenvalue weighted by atomic mass is 32.2. The van der Waals surface area contributed by atoms with Crippen LogP contribution in [0, 0.1) is 17.5 Å². The number of carbonyl (C=O) groups is 1. The number of anilines is 1. The predicted octanol–water partition coefficient (Wildman–Crippen LogP) is 2.50. The summed E-state index contributed by atoms with van der Waals surface area (Å²) in [7, 11) is -3.98. The van der Waals surface area contributed by atoms with Crippen molar-refractivity contribution in [2.75, 3.05) is 18.4 Å². The Bertz CT molecular complexity index is 1010. The summed E-state index contributed by atoms with van der Waals surface area (Å²) in [5.74, 6) is -4.27. The summed E-state index contributed by atoms with van der Waals surface area (Å²) >= 11 is 0. The molecule has 0 atom stereocenters. The van der Waals surface area contributed by atoms with Crippen molar-refractivity contribution >= 4 is 21.6 Å². The van der Waals surface area contributed by atoms with Crippen LogP contribution in [0.15, 0.2) is 41.3 Å². The minimum atomic E-state index is -3.98. The van der Waals surface area contributed by atoms with Gasteiger partial charge >= 0.3 is 0 Å². The van der Waals surface area contributed by atoms with E-state index in [2.05, 4.69) is 5.32 Å². The molecule has 0 aliphatic carbocycles. The Morgan fingerprint density at radius 3 is 2.29 bits per heavy atom. The van der Waals surface area contributed by atoms with Gasteiger partial charge in [0.05, 0.1) is 16.6 Å².